The first-order valence-corrected chi connectivity index (χ1v) is 16.7. The molecule has 3 aromatic rings. The van der Waals surface area contributed by atoms with Crippen LogP contribution in [0.2, 0.25) is 0 Å². The van der Waals surface area contributed by atoms with Crippen LogP contribution in [0.1, 0.15) is 132 Å². The number of hydrogen-bond donors (Lipinski definition) is 0. The van der Waals surface area contributed by atoms with Gasteiger partial charge in [0.15, 0.2) is 0 Å². The zero-order valence-corrected chi connectivity index (χ0v) is 25.9. The van der Waals surface area contributed by atoms with Crippen LogP contribution in [-0.2, 0) is 5.41 Å². The first-order chi connectivity index (χ1) is 19.6. The number of benzene rings is 3. The predicted molar refractivity (Wildman–Crippen MR) is 176 cm³/mol. The maximum absolute atomic E-state index is 2.62. The van der Waals surface area contributed by atoms with Crippen LogP contribution >= 0.6 is 0 Å². The van der Waals surface area contributed by atoms with Crippen LogP contribution in [0.3, 0.4) is 0 Å². The van der Waals surface area contributed by atoms with E-state index in [9.17, 15) is 0 Å². The van der Waals surface area contributed by atoms with Crippen LogP contribution in [-0.4, -0.2) is 0 Å². The first kappa shape index (κ1) is 28.9. The van der Waals surface area contributed by atoms with Gasteiger partial charge < -0.3 is 0 Å². The molecule has 3 aromatic carbocycles. The normalized spacial score (nSPS) is 14.4. The number of fused-ring (bicyclic) bond motifs is 4. The molecule has 0 radical (unpaired) electrons. The third-order valence-electron chi connectivity index (χ3n) is 9.89. The number of unbranched alkanes of at least 4 members (excludes halogenated alkanes) is 10. The Labute approximate surface area is 244 Å². The van der Waals surface area contributed by atoms with Gasteiger partial charge in [-0.1, -0.05) is 151 Å². The number of rotatable bonds is 15. The zero-order chi connectivity index (χ0) is 28.0. The molecule has 5 rings (SSSR count). The van der Waals surface area contributed by atoms with E-state index in [2.05, 4.69) is 88.4 Å². The molecule has 0 nitrogen and oxygen atoms in total. The molecule has 0 heteroatoms. The van der Waals surface area contributed by atoms with Crippen molar-refractivity contribution in [3.05, 3.63) is 81.2 Å². The topological polar surface area (TPSA) is 0 Å². The van der Waals surface area contributed by atoms with E-state index in [1.54, 1.807) is 11.1 Å². The van der Waals surface area contributed by atoms with Crippen LogP contribution < -0.4 is 10.4 Å². The summed E-state index contributed by atoms with van der Waals surface area (Å²) in [7, 11) is 0. The summed E-state index contributed by atoms with van der Waals surface area (Å²) in [6, 6.07) is 19.5. The Bertz CT molecular complexity index is 1400. The van der Waals surface area contributed by atoms with E-state index in [1.807, 2.05) is 0 Å². The molecule has 2 aliphatic rings. The summed E-state index contributed by atoms with van der Waals surface area (Å²) in [5, 5.41) is 2.89. The van der Waals surface area contributed by atoms with Crippen LogP contribution in [0.5, 0.6) is 0 Å². The van der Waals surface area contributed by atoms with Crippen molar-refractivity contribution in [2.24, 2.45) is 0 Å². The predicted octanol–water partition coefficient (Wildman–Crippen LogP) is 10.7. The molecule has 0 amide bonds. The Kier molecular flexibility index (Phi) is 9.67. The third kappa shape index (κ3) is 5.88. The second-order valence-electron chi connectivity index (χ2n) is 12.8. The highest BCUT2D eigenvalue weighted by Crippen LogP contribution is 2.55. The average Bonchev–Trinajstić information content (AvgIpc) is 3.55. The van der Waals surface area contributed by atoms with E-state index in [4.69, 9.17) is 0 Å². The van der Waals surface area contributed by atoms with Gasteiger partial charge in [0, 0.05) is 5.41 Å². The smallest absolute Gasteiger partial charge is 0.0215 e. The van der Waals surface area contributed by atoms with Crippen molar-refractivity contribution in [3.8, 4) is 22.3 Å². The van der Waals surface area contributed by atoms with Crippen molar-refractivity contribution in [2.75, 3.05) is 0 Å². The van der Waals surface area contributed by atoms with Crippen LogP contribution in [0, 0.1) is 13.8 Å². The molecule has 0 aromatic heterocycles. The summed E-state index contributed by atoms with van der Waals surface area (Å²) < 4.78 is 0. The fourth-order valence-electron chi connectivity index (χ4n) is 7.64. The van der Waals surface area contributed by atoms with Crippen molar-refractivity contribution in [1.82, 2.24) is 0 Å². The lowest BCUT2D eigenvalue weighted by molar-refractivity contribution is 0.398. The van der Waals surface area contributed by atoms with E-state index in [1.165, 1.54) is 134 Å². The molecule has 0 bridgehead atoms. The summed E-state index contributed by atoms with van der Waals surface area (Å²) in [4.78, 5) is 0. The van der Waals surface area contributed by atoms with E-state index >= 15 is 0 Å². The summed E-state index contributed by atoms with van der Waals surface area (Å²) in [5.74, 6) is 0. The van der Waals surface area contributed by atoms with Gasteiger partial charge in [0.25, 0.3) is 0 Å². The van der Waals surface area contributed by atoms with Crippen molar-refractivity contribution < 1.29 is 0 Å². The molecule has 212 valence electrons. The van der Waals surface area contributed by atoms with Gasteiger partial charge >= 0.3 is 0 Å². The molecule has 2 aliphatic carbocycles. The standard InChI is InChI=1S/C40H52/c1-5-7-9-11-13-15-26-40(27-16-14-12-10-8-6-2)38-28-30(3)20-23-36(38)37-25-22-32(29-39(37)40)34-24-21-31(4)33-18-17-19-35(33)34/h18-25,28-29H,5-17,26-27H2,1-4H3. The number of aryl methyl sites for hydroxylation is 2. The maximum Gasteiger partial charge on any atom is 0.0215 e. The van der Waals surface area contributed by atoms with Gasteiger partial charge in [0.05, 0.1) is 0 Å². The van der Waals surface area contributed by atoms with E-state index in [-0.39, 0.29) is 5.41 Å². The Hall–Kier alpha value is -2.60. The minimum atomic E-state index is 0.145. The van der Waals surface area contributed by atoms with Gasteiger partial charge in [0.2, 0.25) is 0 Å². The average molecular weight is 533 g/mol. The van der Waals surface area contributed by atoms with Gasteiger partial charge in [-0.25, -0.2) is 0 Å². The third-order valence-corrected chi connectivity index (χ3v) is 9.89. The van der Waals surface area contributed by atoms with Crippen LogP contribution in [0.15, 0.2) is 48.5 Å². The van der Waals surface area contributed by atoms with E-state index in [0.717, 1.165) is 6.42 Å². The second kappa shape index (κ2) is 13.4. The first-order valence-electron chi connectivity index (χ1n) is 16.7. The Morgan fingerprint density at radius 3 is 1.77 bits per heavy atom. The monoisotopic (exact) mass is 532 g/mol. The minimum Gasteiger partial charge on any atom is -0.0726 e. The highest BCUT2D eigenvalue weighted by atomic mass is 14.4. The Balaban J connectivity index is 1.54. The van der Waals surface area contributed by atoms with Gasteiger partial charge in [0.1, 0.15) is 0 Å². The largest absolute Gasteiger partial charge is 0.0726 e. The van der Waals surface area contributed by atoms with Gasteiger partial charge in [-0.05, 0) is 88.6 Å². The summed E-state index contributed by atoms with van der Waals surface area (Å²) in [6.07, 6.45) is 24.8. The van der Waals surface area contributed by atoms with Gasteiger partial charge in [-0.2, -0.15) is 0 Å². The highest BCUT2D eigenvalue weighted by Gasteiger charge is 2.42. The summed E-state index contributed by atoms with van der Waals surface area (Å²) in [5.41, 5.74) is 12.0. The van der Waals surface area contributed by atoms with Crippen molar-refractivity contribution >= 4 is 12.2 Å². The second-order valence-corrected chi connectivity index (χ2v) is 12.8. The molecule has 0 spiro atoms. The maximum atomic E-state index is 2.62. The summed E-state index contributed by atoms with van der Waals surface area (Å²) in [6.45, 7) is 9.19. The van der Waals surface area contributed by atoms with E-state index < -0.39 is 0 Å². The van der Waals surface area contributed by atoms with E-state index in [0.29, 0.717) is 0 Å². The van der Waals surface area contributed by atoms with Crippen molar-refractivity contribution in [1.29, 1.82) is 0 Å². The molecule has 0 heterocycles. The van der Waals surface area contributed by atoms with Gasteiger partial charge in [-0.3, -0.25) is 0 Å². The molecule has 0 fully saturated rings. The zero-order valence-electron chi connectivity index (χ0n) is 25.9. The lowest BCUT2D eigenvalue weighted by Crippen LogP contribution is -2.27. The molecule has 0 unspecified atom stereocenters. The quantitative estimate of drug-likeness (QED) is 0.171. The lowest BCUT2D eigenvalue weighted by Gasteiger charge is -2.33. The highest BCUT2D eigenvalue weighted by molar-refractivity contribution is 5.84. The Morgan fingerprint density at radius 2 is 1.10 bits per heavy atom. The SMILES string of the molecule is CCCCCCCCC1(CCCCCCCC)c2cc(C)ccc2-c2ccc(-c3ccc(C)c4c3=CCC=4)cc21. The molecule has 0 N–H and O–H groups in total. The van der Waals surface area contributed by atoms with Crippen LogP contribution in [0.25, 0.3) is 34.4 Å². The number of hydrogen-bond acceptors (Lipinski definition) is 0. The molecule has 0 saturated heterocycles. The fourth-order valence-corrected chi connectivity index (χ4v) is 7.64. The molecule has 0 saturated carbocycles. The van der Waals surface area contributed by atoms with Crippen molar-refractivity contribution in [2.45, 2.75) is 129 Å². The van der Waals surface area contributed by atoms with Crippen molar-refractivity contribution in [3.63, 3.8) is 0 Å². The van der Waals surface area contributed by atoms with Crippen LogP contribution in [0.4, 0.5) is 0 Å². The molecular weight excluding hydrogens is 480 g/mol. The lowest BCUT2D eigenvalue weighted by atomic mass is 9.70. The minimum absolute atomic E-state index is 0.145. The fraction of sp³-hybridized carbons (Fsp3) is 0.500. The molecule has 0 aliphatic heterocycles. The molecule has 40 heavy (non-hydrogen) atoms. The Morgan fingerprint density at radius 1 is 0.550 bits per heavy atom. The molecular formula is C40H52. The van der Waals surface area contributed by atoms with Gasteiger partial charge in [-0.15, -0.1) is 0 Å². The molecule has 0 atom stereocenters. The summed E-state index contributed by atoms with van der Waals surface area (Å²) >= 11 is 0.